The molecule has 132 valence electrons. The Morgan fingerprint density at radius 3 is 2.65 bits per heavy atom. The highest BCUT2D eigenvalue weighted by Gasteiger charge is 2.11. The number of aromatic nitrogens is 2. The van der Waals surface area contributed by atoms with Crippen molar-refractivity contribution in [1.29, 1.82) is 0 Å². The molecule has 0 amide bonds. The number of ether oxygens (including phenoxy) is 1. The second kappa shape index (κ2) is 7.50. The van der Waals surface area contributed by atoms with Gasteiger partial charge in [0.15, 0.2) is 5.82 Å². The Morgan fingerprint density at radius 2 is 1.96 bits per heavy atom. The zero-order valence-electron chi connectivity index (χ0n) is 13.3. The summed E-state index contributed by atoms with van der Waals surface area (Å²) >= 11 is 18.3. The smallest absolute Gasteiger partial charge is 0.337 e. The topological polar surface area (TPSA) is 72.1 Å². The Bertz CT molecular complexity index is 1110. The van der Waals surface area contributed by atoms with Gasteiger partial charge < -0.3 is 9.72 Å². The number of hydrogen-bond donors (Lipinski definition) is 1. The number of carbonyl (C=O) groups excluding carboxylic acids is 1. The maximum atomic E-state index is 12.3. The van der Waals surface area contributed by atoms with Gasteiger partial charge in [-0.2, -0.15) is 0 Å². The lowest BCUT2D eigenvalue weighted by molar-refractivity contribution is 0.0601. The lowest BCUT2D eigenvalue weighted by atomic mass is 10.1. The van der Waals surface area contributed by atoms with Crippen LogP contribution in [0.25, 0.3) is 22.0 Å². The number of rotatable bonds is 3. The maximum absolute atomic E-state index is 12.3. The first kappa shape index (κ1) is 18.5. The van der Waals surface area contributed by atoms with Crippen molar-refractivity contribution in [3.63, 3.8) is 0 Å². The van der Waals surface area contributed by atoms with Gasteiger partial charge in [0.05, 0.1) is 28.6 Å². The Hall–Kier alpha value is -2.34. The minimum Gasteiger partial charge on any atom is -0.465 e. The molecule has 0 atom stereocenters. The van der Waals surface area contributed by atoms with E-state index < -0.39 is 5.97 Å². The molecule has 0 saturated heterocycles. The predicted octanol–water partition coefficient (Wildman–Crippen LogP) is 4.75. The summed E-state index contributed by atoms with van der Waals surface area (Å²) in [5.41, 5.74) is 0.840. The van der Waals surface area contributed by atoms with Crippen molar-refractivity contribution < 1.29 is 9.53 Å². The molecule has 0 saturated carbocycles. The molecule has 3 rings (SSSR count). The van der Waals surface area contributed by atoms with Crippen LogP contribution in [0.1, 0.15) is 21.7 Å². The molecule has 1 heterocycles. The van der Waals surface area contributed by atoms with Crippen LogP contribution in [-0.4, -0.2) is 23.0 Å². The average molecular weight is 410 g/mol. The first-order valence-corrected chi connectivity index (χ1v) is 8.47. The molecule has 0 radical (unpaired) electrons. The molecule has 8 heteroatoms. The van der Waals surface area contributed by atoms with Gasteiger partial charge in [0.1, 0.15) is 0 Å². The number of hydrogen-bond acceptors (Lipinski definition) is 4. The number of nitrogens with one attached hydrogen (secondary N) is 1. The minimum atomic E-state index is -0.523. The molecule has 26 heavy (non-hydrogen) atoms. The van der Waals surface area contributed by atoms with E-state index in [0.717, 1.165) is 0 Å². The molecule has 3 aromatic rings. The highest BCUT2D eigenvalue weighted by atomic mass is 35.5. The van der Waals surface area contributed by atoms with Crippen molar-refractivity contribution in [2.75, 3.05) is 7.11 Å². The summed E-state index contributed by atoms with van der Waals surface area (Å²) in [4.78, 5) is 30.9. The maximum Gasteiger partial charge on any atom is 0.337 e. The van der Waals surface area contributed by atoms with E-state index in [2.05, 4.69) is 14.7 Å². The fourth-order valence-electron chi connectivity index (χ4n) is 2.32. The van der Waals surface area contributed by atoms with E-state index in [1.54, 1.807) is 24.3 Å². The van der Waals surface area contributed by atoms with E-state index in [0.29, 0.717) is 26.5 Å². The molecule has 2 aromatic carbocycles. The van der Waals surface area contributed by atoms with E-state index >= 15 is 0 Å². The van der Waals surface area contributed by atoms with Gasteiger partial charge in [-0.15, -0.1) is 0 Å². The van der Waals surface area contributed by atoms with Crippen LogP contribution in [0.3, 0.4) is 0 Å². The number of aromatic amines is 1. The van der Waals surface area contributed by atoms with Crippen LogP contribution in [-0.2, 0) is 4.74 Å². The summed E-state index contributed by atoms with van der Waals surface area (Å²) in [6.07, 6.45) is 1.56. The molecular weight excluding hydrogens is 399 g/mol. The minimum absolute atomic E-state index is 0.150. The van der Waals surface area contributed by atoms with Crippen LogP contribution in [0.5, 0.6) is 0 Å². The van der Waals surface area contributed by atoms with Gasteiger partial charge in [0.2, 0.25) is 0 Å². The Kier molecular flexibility index (Phi) is 5.32. The number of fused-ring (bicyclic) bond motifs is 1. The van der Waals surface area contributed by atoms with Crippen molar-refractivity contribution in [2.45, 2.75) is 0 Å². The van der Waals surface area contributed by atoms with Crippen LogP contribution < -0.4 is 5.56 Å². The highest BCUT2D eigenvalue weighted by molar-refractivity contribution is 6.51. The Balaban J connectivity index is 2.10. The number of esters is 1. The third-order valence-corrected chi connectivity index (χ3v) is 4.45. The van der Waals surface area contributed by atoms with Crippen molar-refractivity contribution in [3.05, 3.63) is 73.7 Å². The molecule has 0 aliphatic rings. The Morgan fingerprint density at radius 1 is 1.19 bits per heavy atom. The number of nitrogens with zero attached hydrogens (tertiary/aromatic N) is 1. The number of H-pyrrole nitrogens is 1. The number of benzene rings is 2. The predicted molar refractivity (Wildman–Crippen MR) is 104 cm³/mol. The molecule has 0 spiro atoms. The second-order valence-electron chi connectivity index (χ2n) is 5.30. The van der Waals surface area contributed by atoms with Gasteiger partial charge in [0, 0.05) is 10.0 Å². The zero-order chi connectivity index (χ0) is 18.8. The van der Waals surface area contributed by atoms with Gasteiger partial charge in [-0.1, -0.05) is 40.9 Å². The summed E-state index contributed by atoms with van der Waals surface area (Å²) < 4.78 is 4.68. The summed E-state index contributed by atoms with van der Waals surface area (Å²) in [5, 5.41) is 1.41. The van der Waals surface area contributed by atoms with Crippen molar-refractivity contribution >= 4 is 62.8 Å². The number of methoxy groups -OCH3 is 1. The molecule has 5 nitrogen and oxygen atoms in total. The SMILES string of the molecule is COC(=O)c1ccc2c(=O)[nH]c(/C(Cl)=C/c3ccc(Cl)cc3Cl)nc2c1. The Labute approximate surface area is 163 Å². The second-order valence-corrected chi connectivity index (χ2v) is 6.55. The van der Waals surface area contributed by atoms with Gasteiger partial charge in [-0.25, -0.2) is 9.78 Å². The van der Waals surface area contributed by atoms with Crippen LogP contribution in [0.15, 0.2) is 41.2 Å². The summed E-state index contributed by atoms with van der Waals surface area (Å²) in [7, 11) is 1.28. The fourth-order valence-corrected chi connectivity index (χ4v) is 2.99. The number of halogens is 3. The third kappa shape index (κ3) is 3.75. The summed E-state index contributed by atoms with van der Waals surface area (Å²) in [6.45, 7) is 0. The molecule has 0 bridgehead atoms. The van der Waals surface area contributed by atoms with Crippen LogP contribution in [0, 0.1) is 0 Å². The molecule has 1 N–H and O–H groups in total. The molecule has 0 aliphatic heterocycles. The van der Waals surface area contributed by atoms with E-state index in [1.165, 1.54) is 25.3 Å². The van der Waals surface area contributed by atoms with Crippen molar-refractivity contribution in [1.82, 2.24) is 9.97 Å². The average Bonchev–Trinajstić information content (AvgIpc) is 2.62. The van der Waals surface area contributed by atoms with Gasteiger partial charge in [-0.05, 0) is 42.0 Å². The monoisotopic (exact) mass is 408 g/mol. The highest BCUT2D eigenvalue weighted by Crippen LogP contribution is 2.26. The standard InChI is InChI=1S/C18H11Cl3N2O3/c1-26-18(25)10-3-5-12-15(7-10)22-16(23-17(12)24)14(21)6-9-2-4-11(19)8-13(9)20/h2-8H,1H3,(H,22,23,24)/b14-6-. The third-order valence-electron chi connectivity index (χ3n) is 3.60. The van der Waals surface area contributed by atoms with E-state index in [9.17, 15) is 9.59 Å². The summed E-state index contributed by atoms with van der Waals surface area (Å²) in [6, 6.07) is 9.42. The van der Waals surface area contributed by atoms with Crippen LogP contribution >= 0.6 is 34.8 Å². The largest absolute Gasteiger partial charge is 0.465 e. The number of carbonyl (C=O) groups is 1. The summed E-state index contributed by atoms with van der Waals surface area (Å²) in [5.74, 6) is -0.373. The zero-order valence-corrected chi connectivity index (χ0v) is 15.6. The first-order valence-electron chi connectivity index (χ1n) is 7.34. The molecule has 0 aliphatic carbocycles. The normalized spacial score (nSPS) is 11.6. The first-order chi connectivity index (χ1) is 12.4. The fraction of sp³-hybridized carbons (Fsp3) is 0.0556. The van der Waals surface area contributed by atoms with Crippen LogP contribution in [0.4, 0.5) is 0 Å². The molecule has 0 fully saturated rings. The van der Waals surface area contributed by atoms with E-state index in [4.69, 9.17) is 34.8 Å². The van der Waals surface area contributed by atoms with E-state index in [1.807, 2.05) is 0 Å². The van der Waals surface area contributed by atoms with E-state index in [-0.39, 0.29) is 22.0 Å². The quantitative estimate of drug-likeness (QED) is 0.633. The molecule has 0 unspecified atom stereocenters. The van der Waals surface area contributed by atoms with Gasteiger partial charge in [0.25, 0.3) is 5.56 Å². The van der Waals surface area contributed by atoms with Crippen LogP contribution in [0.2, 0.25) is 10.0 Å². The van der Waals surface area contributed by atoms with Gasteiger partial charge in [-0.3, -0.25) is 4.79 Å². The molecule has 1 aromatic heterocycles. The molecular formula is C18H11Cl3N2O3. The lowest BCUT2D eigenvalue weighted by Gasteiger charge is -2.05. The van der Waals surface area contributed by atoms with Crippen molar-refractivity contribution in [3.8, 4) is 0 Å². The lowest BCUT2D eigenvalue weighted by Crippen LogP contribution is -2.11. The van der Waals surface area contributed by atoms with Crippen molar-refractivity contribution in [2.24, 2.45) is 0 Å². The van der Waals surface area contributed by atoms with Gasteiger partial charge >= 0.3 is 5.97 Å².